The summed E-state index contributed by atoms with van der Waals surface area (Å²) in [6.07, 6.45) is 11.7. The van der Waals surface area contributed by atoms with E-state index in [0.717, 1.165) is 6.54 Å². The highest BCUT2D eigenvalue weighted by atomic mass is 32.2. The minimum atomic E-state index is 0.499. The summed E-state index contributed by atoms with van der Waals surface area (Å²) in [5, 5.41) is 3.88. The highest BCUT2D eigenvalue weighted by molar-refractivity contribution is 8.00. The van der Waals surface area contributed by atoms with Crippen molar-refractivity contribution in [3.63, 3.8) is 0 Å². The average molecular weight is 292 g/mol. The zero-order chi connectivity index (χ0) is 14.3. The first-order valence-electron chi connectivity index (χ1n) is 8.13. The van der Waals surface area contributed by atoms with Crippen molar-refractivity contribution in [2.45, 2.75) is 62.7 Å². The first kappa shape index (κ1) is 15.9. The van der Waals surface area contributed by atoms with Gasteiger partial charge in [-0.05, 0) is 31.1 Å². The minimum Gasteiger partial charge on any atom is -0.309 e. The Morgan fingerprint density at radius 1 is 1.20 bits per heavy atom. The fourth-order valence-electron chi connectivity index (χ4n) is 3.26. The van der Waals surface area contributed by atoms with Crippen LogP contribution in [-0.4, -0.2) is 17.5 Å². The van der Waals surface area contributed by atoms with Gasteiger partial charge in [-0.1, -0.05) is 62.9 Å². The van der Waals surface area contributed by atoms with Gasteiger partial charge in [-0.3, -0.25) is 0 Å². The summed E-state index contributed by atoms with van der Waals surface area (Å²) < 4.78 is 0.499. The van der Waals surface area contributed by atoms with E-state index >= 15 is 0 Å². The van der Waals surface area contributed by atoms with Crippen LogP contribution >= 0.6 is 11.8 Å². The largest absolute Gasteiger partial charge is 0.309 e. The molecule has 112 valence electrons. The van der Waals surface area contributed by atoms with Gasteiger partial charge in [0.15, 0.2) is 0 Å². The molecule has 0 spiro atoms. The molecule has 1 aliphatic rings. The molecule has 0 bridgehead atoms. The number of thioether (sulfide) groups is 1. The van der Waals surface area contributed by atoms with E-state index in [4.69, 9.17) is 0 Å². The molecule has 1 aromatic rings. The van der Waals surface area contributed by atoms with Crippen LogP contribution in [0.2, 0.25) is 0 Å². The molecule has 1 aromatic carbocycles. The molecule has 1 unspecified atom stereocenters. The first-order valence-corrected chi connectivity index (χ1v) is 9.35. The Hall–Kier alpha value is -0.470. The van der Waals surface area contributed by atoms with Crippen LogP contribution in [0.25, 0.3) is 0 Å². The van der Waals surface area contributed by atoms with E-state index in [2.05, 4.69) is 60.6 Å². The molecule has 0 aromatic heterocycles. The SMILES string of the molecule is CCCCC(NCC1(SC)CCCC1)c1ccccc1. The lowest BCUT2D eigenvalue weighted by Gasteiger charge is -2.30. The van der Waals surface area contributed by atoms with Crippen molar-refractivity contribution in [1.29, 1.82) is 0 Å². The molecular weight excluding hydrogens is 262 g/mol. The van der Waals surface area contributed by atoms with Gasteiger partial charge in [0.25, 0.3) is 0 Å². The quantitative estimate of drug-likeness (QED) is 0.708. The maximum atomic E-state index is 3.88. The number of hydrogen-bond donors (Lipinski definition) is 1. The van der Waals surface area contributed by atoms with Crippen molar-refractivity contribution in [3.05, 3.63) is 35.9 Å². The molecule has 1 saturated carbocycles. The summed E-state index contributed by atoms with van der Waals surface area (Å²) in [4.78, 5) is 0. The van der Waals surface area contributed by atoms with Crippen LogP contribution in [0, 0.1) is 0 Å². The molecule has 0 radical (unpaired) electrons. The fraction of sp³-hybridized carbons (Fsp3) is 0.667. The van der Waals surface area contributed by atoms with E-state index in [0.29, 0.717) is 10.8 Å². The normalized spacial score (nSPS) is 19.1. The number of rotatable bonds is 8. The lowest BCUT2D eigenvalue weighted by atomic mass is 9.99. The van der Waals surface area contributed by atoms with Crippen molar-refractivity contribution >= 4 is 11.8 Å². The van der Waals surface area contributed by atoms with Gasteiger partial charge in [0, 0.05) is 17.3 Å². The number of unbranched alkanes of at least 4 members (excludes halogenated alkanes) is 1. The van der Waals surface area contributed by atoms with Crippen molar-refractivity contribution in [2.75, 3.05) is 12.8 Å². The second kappa shape index (κ2) is 8.09. The maximum Gasteiger partial charge on any atom is 0.0320 e. The van der Waals surface area contributed by atoms with Crippen LogP contribution in [0.15, 0.2) is 30.3 Å². The minimum absolute atomic E-state index is 0.499. The zero-order valence-electron chi connectivity index (χ0n) is 13.0. The Labute approximate surface area is 128 Å². The van der Waals surface area contributed by atoms with Crippen LogP contribution in [0.4, 0.5) is 0 Å². The smallest absolute Gasteiger partial charge is 0.0320 e. The molecule has 1 fully saturated rings. The molecule has 0 saturated heterocycles. The zero-order valence-corrected chi connectivity index (χ0v) is 13.8. The van der Waals surface area contributed by atoms with Crippen molar-refractivity contribution in [1.82, 2.24) is 5.32 Å². The number of benzene rings is 1. The third-order valence-corrected chi connectivity index (χ3v) is 6.09. The standard InChI is InChI=1S/C18H29NS/c1-3-4-12-17(16-10-6-5-7-11-16)19-15-18(20-2)13-8-9-14-18/h5-7,10-11,17,19H,3-4,8-9,12-15H2,1-2H3. The number of hydrogen-bond acceptors (Lipinski definition) is 2. The summed E-state index contributed by atoms with van der Waals surface area (Å²) in [7, 11) is 0. The molecule has 1 nitrogen and oxygen atoms in total. The molecule has 20 heavy (non-hydrogen) atoms. The molecule has 0 heterocycles. The predicted molar refractivity (Wildman–Crippen MR) is 91.4 cm³/mol. The molecular formula is C18H29NS. The Kier molecular flexibility index (Phi) is 6.44. The van der Waals surface area contributed by atoms with E-state index in [1.807, 2.05) is 0 Å². The summed E-state index contributed by atoms with van der Waals surface area (Å²) in [6, 6.07) is 11.5. The van der Waals surface area contributed by atoms with Crippen molar-refractivity contribution < 1.29 is 0 Å². The average Bonchev–Trinajstić information content (AvgIpc) is 2.98. The van der Waals surface area contributed by atoms with Gasteiger partial charge in [0.2, 0.25) is 0 Å². The van der Waals surface area contributed by atoms with Gasteiger partial charge >= 0.3 is 0 Å². The van der Waals surface area contributed by atoms with Gasteiger partial charge in [0.1, 0.15) is 0 Å². The van der Waals surface area contributed by atoms with E-state index in [1.165, 1.54) is 50.5 Å². The third kappa shape index (κ3) is 4.26. The lowest BCUT2D eigenvalue weighted by molar-refractivity contribution is 0.438. The lowest BCUT2D eigenvalue weighted by Crippen LogP contribution is -2.37. The second-order valence-corrected chi connectivity index (χ2v) is 7.35. The van der Waals surface area contributed by atoms with Crippen molar-refractivity contribution in [2.24, 2.45) is 0 Å². The van der Waals surface area contributed by atoms with Gasteiger partial charge < -0.3 is 5.32 Å². The molecule has 1 aliphatic carbocycles. The molecule has 1 atom stereocenters. The van der Waals surface area contributed by atoms with Crippen LogP contribution in [0.1, 0.15) is 63.5 Å². The molecule has 1 N–H and O–H groups in total. The Morgan fingerprint density at radius 3 is 2.50 bits per heavy atom. The van der Waals surface area contributed by atoms with Crippen LogP contribution in [-0.2, 0) is 0 Å². The molecule has 2 heteroatoms. The van der Waals surface area contributed by atoms with Crippen molar-refractivity contribution in [3.8, 4) is 0 Å². The van der Waals surface area contributed by atoms with Gasteiger partial charge in [-0.25, -0.2) is 0 Å². The van der Waals surface area contributed by atoms with Crippen LogP contribution in [0.5, 0.6) is 0 Å². The van der Waals surface area contributed by atoms with Gasteiger partial charge in [0.05, 0.1) is 0 Å². The van der Waals surface area contributed by atoms with Gasteiger partial charge in [-0.15, -0.1) is 0 Å². The second-order valence-electron chi connectivity index (χ2n) is 6.08. The van der Waals surface area contributed by atoms with Crippen LogP contribution < -0.4 is 5.32 Å². The van der Waals surface area contributed by atoms with E-state index in [1.54, 1.807) is 0 Å². The van der Waals surface area contributed by atoms with E-state index in [-0.39, 0.29) is 0 Å². The predicted octanol–water partition coefficient (Wildman–Crippen LogP) is 5.18. The Balaban J connectivity index is 1.97. The summed E-state index contributed by atoms with van der Waals surface area (Å²) >= 11 is 2.08. The fourth-order valence-corrected chi connectivity index (χ4v) is 4.19. The molecule has 2 rings (SSSR count). The van der Waals surface area contributed by atoms with Crippen LogP contribution in [0.3, 0.4) is 0 Å². The van der Waals surface area contributed by atoms with Gasteiger partial charge in [-0.2, -0.15) is 11.8 Å². The monoisotopic (exact) mass is 291 g/mol. The highest BCUT2D eigenvalue weighted by Gasteiger charge is 2.33. The highest BCUT2D eigenvalue weighted by Crippen LogP contribution is 2.40. The van der Waals surface area contributed by atoms with E-state index < -0.39 is 0 Å². The third-order valence-electron chi connectivity index (χ3n) is 4.67. The summed E-state index contributed by atoms with van der Waals surface area (Å²) in [5.41, 5.74) is 1.45. The Bertz CT molecular complexity index is 370. The summed E-state index contributed by atoms with van der Waals surface area (Å²) in [6.45, 7) is 3.44. The summed E-state index contributed by atoms with van der Waals surface area (Å²) in [5.74, 6) is 0. The molecule has 0 amide bonds. The van der Waals surface area contributed by atoms with E-state index in [9.17, 15) is 0 Å². The Morgan fingerprint density at radius 2 is 1.90 bits per heavy atom. The molecule has 0 aliphatic heterocycles. The maximum absolute atomic E-state index is 3.88. The number of nitrogens with one attached hydrogen (secondary N) is 1. The first-order chi connectivity index (χ1) is 9.79. The topological polar surface area (TPSA) is 12.0 Å².